The third-order valence-electron chi connectivity index (χ3n) is 3.72. The van der Waals surface area contributed by atoms with Crippen molar-refractivity contribution >= 4 is 11.6 Å². The van der Waals surface area contributed by atoms with Gasteiger partial charge in [-0.15, -0.1) is 0 Å². The van der Waals surface area contributed by atoms with Crippen LogP contribution in [-0.4, -0.2) is 11.6 Å². The SMILES string of the molecule is Cc1cccc(C(Cc2cc(Cl)cc3c2OCC3)NN)n1. The Morgan fingerprint density at radius 2 is 2.29 bits per heavy atom. The molecule has 1 aliphatic rings. The summed E-state index contributed by atoms with van der Waals surface area (Å²) in [5, 5.41) is 0.738. The van der Waals surface area contributed by atoms with Crippen LogP contribution in [0.25, 0.3) is 0 Å². The van der Waals surface area contributed by atoms with E-state index in [1.807, 2.05) is 37.3 Å². The Bertz CT molecular complexity index is 660. The van der Waals surface area contributed by atoms with Crippen molar-refractivity contribution in [2.45, 2.75) is 25.8 Å². The number of hydrogen-bond acceptors (Lipinski definition) is 4. The van der Waals surface area contributed by atoms with Crippen LogP contribution in [0.5, 0.6) is 5.75 Å². The molecule has 2 aromatic rings. The van der Waals surface area contributed by atoms with Crippen molar-refractivity contribution in [1.82, 2.24) is 10.4 Å². The fraction of sp³-hybridized carbons (Fsp3) is 0.312. The number of benzene rings is 1. The van der Waals surface area contributed by atoms with Gasteiger partial charge < -0.3 is 4.74 Å². The summed E-state index contributed by atoms with van der Waals surface area (Å²) >= 11 is 6.20. The van der Waals surface area contributed by atoms with E-state index in [1.165, 1.54) is 5.56 Å². The zero-order chi connectivity index (χ0) is 14.8. The Morgan fingerprint density at radius 1 is 1.43 bits per heavy atom. The molecular weight excluding hydrogens is 286 g/mol. The molecule has 0 radical (unpaired) electrons. The van der Waals surface area contributed by atoms with Gasteiger partial charge in [-0.2, -0.15) is 0 Å². The van der Waals surface area contributed by atoms with E-state index in [4.69, 9.17) is 22.2 Å². The van der Waals surface area contributed by atoms with E-state index in [0.29, 0.717) is 13.0 Å². The highest BCUT2D eigenvalue weighted by Gasteiger charge is 2.21. The van der Waals surface area contributed by atoms with Crippen molar-refractivity contribution in [2.24, 2.45) is 5.84 Å². The van der Waals surface area contributed by atoms with Crippen molar-refractivity contribution in [3.05, 3.63) is 57.9 Å². The number of aryl methyl sites for hydroxylation is 1. The van der Waals surface area contributed by atoms with E-state index < -0.39 is 0 Å². The van der Waals surface area contributed by atoms with E-state index in [0.717, 1.165) is 34.1 Å². The first-order chi connectivity index (χ1) is 10.2. The number of halogens is 1. The third kappa shape index (κ3) is 3.02. The van der Waals surface area contributed by atoms with Gasteiger partial charge in [-0.25, -0.2) is 0 Å². The third-order valence-corrected chi connectivity index (χ3v) is 3.94. The molecule has 0 bridgehead atoms. The van der Waals surface area contributed by atoms with Crippen molar-refractivity contribution in [1.29, 1.82) is 0 Å². The summed E-state index contributed by atoms with van der Waals surface area (Å²) in [4.78, 5) is 4.54. The van der Waals surface area contributed by atoms with Gasteiger partial charge in [0.25, 0.3) is 0 Å². The lowest BCUT2D eigenvalue weighted by atomic mass is 9.99. The number of nitrogens with zero attached hydrogens (tertiary/aromatic N) is 1. The highest BCUT2D eigenvalue weighted by atomic mass is 35.5. The van der Waals surface area contributed by atoms with Gasteiger partial charge in [-0.1, -0.05) is 17.7 Å². The molecule has 0 fully saturated rings. The van der Waals surface area contributed by atoms with Crippen LogP contribution in [0.15, 0.2) is 30.3 Å². The van der Waals surface area contributed by atoms with Gasteiger partial charge in [0, 0.05) is 17.1 Å². The number of pyridine rings is 1. The van der Waals surface area contributed by atoms with Crippen LogP contribution in [-0.2, 0) is 12.8 Å². The van der Waals surface area contributed by atoms with Gasteiger partial charge in [0.05, 0.1) is 18.3 Å². The van der Waals surface area contributed by atoms with Crippen molar-refractivity contribution in [2.75, 3.05) is 6.61 Å². The van der Waals surface area contributed by atoms with Gasteiger partial charge >= 0.3 is 0 Å². The summed E-state index contributed by atoms with van der Waals surface area (Å²) in [5.41, 5.74) is 6.98. The number of nitrogens with two attached hydrogens (primary N) is 1. The Kier molecular flexibility index (Phi) is 4.10. The molecule has 4 nitrogen and oxygen atoms in total. The van der Waals surface area contributed by atoms with Gasteiger partial charge in [-0.3, -0.25) is 16.3 Å². The van der Waals surface area contributed by atoms with Crippen LogP contribution in [0.2, 0.25) is 5.02 Å². The van der Waals surface area contributed by atoms with Crippen LogP contribution in [0.4, 0.5) is 0 Å². The molecule has 2 heterocycles. The first kappa shape index (κ1) is 14.3. The first-order valence-electron chi connectivity index (χ1n) is 7.01. The van der Waals surface area contributed by atoms with Gasteiger partial charge in [0.1, 0.15) is 5.75 Å². The zero-order valence-electron chi connectivity index (χ0n) is 11.9. The van der Waals surface area contributed by atoms with E-state index in [1.54, 1.807) is 0 Å². The van der Waals surface area contributed by atoms with Gasteiger partial charge in [0.2, 0.25) is 0 Å². The summed E-state index contributed by atoms with van der Waals surface area (Å²) < 4.78 is 5.74. The second-order valence-electron chi connectivity index (χ2n) is 5.28. The van der Waals surface area contributed by atoms with Crippen molar-refractivity contribution < 1.29 is 4.74 Å². The summed E-state index contributed by atoms with van der Waals surface area (Å²) in [6, 6.07) is 9.78. The maximum Gasteiger partial charge on any atom is 0.125 e. The molecule has 1 aromatic heterocycles. The highest BCUT2D eigenvalue weighted by Crippen LogP contribution is 2.35. The summed E-state index contributed by atoms with van der Waals surface area (Å²) in [6.07, 6.45) is 1.60. The molecule has 1 aliphatic heterocycles. The summed E-state index contributed by atoms with van der Waals surface area (Å²) in [5.74, 6) is 6.67. The quantitative estimate of drug-likeness (QED) is 0.673. The highest BCUT2D eigenvalue weighted by molar-refractivity contribution is 6.30. The Balaban J connectivity index is 1.91. The lowest BCUT2D eigenvalue weighted by Gasteiger charge is -2.18. The Labute approximate surface area is 129 Å². The predicted molar refractivity (Wildman–Crippen MR) is 83.4 cm³/mol. The van der Waals surface area contributed by atoms with Gasteiger partial charge in [0.15, 0.2) is 0 Å². The Hall–Kier alpha value is -1.62. The standard InChI is InChI=1S/C16H18ClN3O/c1-10-3-2-4-14(19-10)15(20-18)9-12-8-13(17)7-11-5-6-21-16(11)12/h2-4,7-8,15,20H,5-6,9,18H2,1H3. The number of ether oxygens (including phenoxy) is 1. The molecule has 0 spiro atoms. The monoisotopic (exact) mass is 303 g/mol. The van der Waals surface area contributed by atoms with Crippen molar-refractivity contribution in [3.8, 4) is 5.75 Å². The molecule has 3 rings (SSSR count). The Morgan fingerprint density at radius 3 is 3.05 bits per heavy atom. The topological polar surface area (TPSA) is 60.2 Å². The lowest BCUT2D eigenvalue weighted by Crippen LogP contribution is -2.30. The smallest absolute Gasteiger partial charge is 0.125 e. The number of aromatic nitrogens is 1. The number of rotatable bonds is 4. The van der Waals surface area contributed by atoms with Crippen molar-refractivity contribution in [3.63, 3.8) is 0 Å². The average molecular weight is 304 g/mol. The van der Waals surface area contributed by atoms with Crippen LogP contribution in [0.3, 0.4) is 0 Å². The largest absolute Gasteiger partial charge is 0.493 e. The maximum atomic E-state index is 6.20. The molecule has 1 aromatic carbocycles. The number of fused-ring (bicyclic) bond motifs is 1. The minimum Gasteiger partial charge on any atom is -0.493 e. The molecular formula is C16H18ClN3O. The van der Waals surface area contributed by atoms with E-state index in [-0.39, 0.29) is 6.04 Å². The second-order valence-corrected chi connectivity index (χ2v) is 5.72. The van der Waals surface area contributed by atoms with Crippen LogP contribution in [0.1, 0.15) is 28.6 Å². The molecule has 21 heavy (non-hydrogen) atoms. The van der Waals surface area contributed by atoms with Gasteiger partial charge in [-0.05, 0) is 48.7 Å². The molecule has 110 valence electrons. The molecule has 0 saturated heterocycles. The number of hydrogen-bond donors (Lipinski definition) is 2. The lowest BCUT2D eigenvalue weighted by molar-refractivity contribution is 0.351. The number of nitrogens with one attached hydrogen (secondary N) is 1. The fourth-order valence-electron chi connectivity index (χ4n) is 2.72. The minimum absolute atomic E-state index is 0.0725. The van der Waals surface area contributed by atoms with E-state index in [2.05, 4.69) is 10.4 Å². The minimum atomic E-state index is -0.0725. The van der Waals surface area contributed by atoms with E-state index >= 15 is 0 Å². The molecule has 5 heteroatoms. The second kappa shape index (κ2) is 6.02. The average Bonchev–Trinajstić information content (AvgIpc) is 2.92. The molecule has 1 atom stereocenters. The number of hydrazine groups is 1. The van der Waals surface area contributed by atoms with Crippen LogP contribution < -0.4 is 16.0 Å². The predicted octanol–water partition coefficient (Wildman–Crippen LogP) is 2.73. The molecule has 0 amide bonds. The molecule has 0 aliphatic carbocycles. The van der Waals surface area contributed by atoms with E-state index in [9.17, 15) is 0 Å². The fourth-order valence-corrected chi connectivity index (χ4v) is 2.99. The summed E-state index contributed by atoms with van der Waals surface area (Å²) in [6.45, 7) is 2.68. The zero-order valence-corrected chi connectivity index (χ0v) is 12.7. The molecule has 0 saturated carbocycles. The summed E-state index contributed by atoms with van der Waals surface area (Å²) in [7, 11) is 0. The molecule has 1 unspecified atom stereocenters. The normalized spacial score (nSPS) is 14.6. The van der Waals surface area contributed by atoms with Crippen LogP contribution in [0, 0.1) is 6.92 Å². The first-order valence-corrected chi connectivity index (χ1v) is 7.39. The maximum absolute atomic E-state index is 6.20. The van der Waals surface area contributed by atoms with Crippen LogP contribution >= 0.6 is 11.6 Å². The molecule has 3 N–H and O–H groups in total.